The third kappa shape index (κ3) is 3.45. The van der Waals surface area contributed by atoms with Crippen molar-refractivity contribution in [1.82, 2.24) is 10.6 Å². The Morgan fingerprint density at radius 2 is 2.42 bits per heavy atom. The molecular formula is C8H16N2OS. The minimum atomic E-state index is 0.197. The summed E-state index contributed by atoms with van der Waals surface area (Å²) in [5.41, 5.74) is 0. The Kier molecular flexibility index (Phi) is 4.46. The zero-order valence-corrected chi connectivity index (χ0v) is 8.25. The molecule has 1 fully saturated rings. The SMILES string of the molecule is CCSCCC(=O)NC1CNC1. The van der Waals surface area contributed by atoms with E-state index in [0.29, 0.717) is 12.5 Å². The molecule has 2 N–H and O–H groups in total. The highest BCUT2D eigenvalue weighted by Gasteiger charge is 2.17. The molecule has 0 aliphatic carbocycles. The van der Waals surface area contributed by atoms with Crippen molar-refractivity contribution in [2.45, 2.75) is 19.4 Å². The van der Waals surface area contributed by atoms with Gasteiger partial charge in [-0.25, -0.2) is 0 Å². The molecular weight excluding hydrogens is 172 g/mol. The molecule has 1 heterocycles. The smallest absolute Gasteiger partial charge is 0.221 e. The Labute approximate surface area is 77.7 Å². The van der Waals surface area contributed by atoms with E-state index < -0.39 is 0 Å². The van der Waals surface area contributed by atoms with Crippen LogP contribution < -0.4 is 10.6 Å². The fraction of sp³-hybridized carbons (Fsp3) is 0.875. The average Bonchev–Trinajstić information content (AvgIpc) is 1.98. The fourth-order valence-corrected chi connectivity index (χ4v) is 1.62. The van der Waals surface area contributed by atoms with Crippen LogP contribution in [0.2, 0.25) is 0 Å². The normalized spacial score (nSPS) is 17.1. The third-order valence-corrected chi connectivity index (χ3v) is 2.73. The minimum absolute atomic E-state index is 0.197. The third-order valence-electron chi connectivity index (χ3n) is 1.82. The Bertz CT molecular complexity index is 148. The van der Waals surface area contributed by atoms with Crippen LogP contribution in [-0.2, 0) is 4.79 Å². The quantitative estimate of drug-likeness (QED) is 0.606. The largest absolute Gasteiger partial charge is 0.351 e. The highest BCUT2D eigenvalue weighted by atomic mass is 32.2. The van der Waals surface area contributed by atoms with E-state index in [4.69, 9.17) is 0 Å². The summed E-state index contributed by atoms with van der Waals surface area (Å²) in [5.74, 6) is 2.24. The number of nitrogens with one attached hydrogen (secondary N) is 2. The molecule has 0 bridgehead atoms. The first-order valence-corrected chi connectivity index (χ1v) is 5.56. The molecule has 1 aliphatic heterocycles. The number of rotatable bonds is 5. The van der Waals surface area contributed by atoms with Crippen molar-refractivity contribution in [2.75, 3.05) is 24.6 Å². The van der Waals surface area contributed by atoms with Crippen LogP contribution in [-0.4, -0.2) is 36.5 Å². The van der Waals surface area contributed by atoms with E-state index in [1.165, 1.54) is 0 Å². The molecule has 1 saturated heterocycles. The van der Waals surface area contributed by atoms with Gasteiger partial charge in [-0.1, -0.05) is 6.92 Å². The number of thioether (sulfide) groups is 1. The van der Waals surface area contributed by atoms with Crippen molar-refractivity contribution in [3.05, 3.63) is 0 Å². The first-order chi connectivity index (χ1) is 5.83. The molecule has 3 nitrogen and oxygen atoms in total. The van der Waals surface area contributed by atoms with Crippen molar-refractivity contribution >= 4 is 17.7 Å². The van der Waals surface area contributed by atoms with Crippen molar-refractivity contribution in [1.29, 1.82) is 0 Å². The lowest BCUT2D eigenvalue weighted by Crippen LogP contribution is -2.56. The molecule has 4 heteroatoms. The molecule has 1 amide bonds. The van der Waals surface area contributed by atoms with Crippen LogP contribution in [0.4, 0.5) is 0 Å². The van der Waals surface area contributed by atoms with Gasteiger partial charge in [-0.3, -0.25) is 4.79 Å². The second-order valence-electron chi connectivity index (χ2n) is 2.87. The van der Waals surface area contributed by atoms with Crippen LogP contribution in [0.15, 0.2) is 0 Å². The van der Waals surface area contributed by atoms with Crippen LogP contribution in [0.1, 0.15) is 13.3 Å². The van der Waals surface area contributed by atoms with Gasteiger partial charge in [0, 0.05) is 25.3 Å². The van der Waals surface area contributed by atoms with Crippen LogP contribution in [0, 0.1) is 0 Å². The summed E-state index contributed by atoms with van der Waals surface area (Å²) < 4.78 is 0. The van der Waals surface area contributed by atoms with Crippen LogP contribution in [0.5, 0.6) is 0 Å². The molecule has 70 valence electrons. The van der Waals surface area contributed by atoms with Gasteiger partial charge in [-0.15, -0.1) is 0 Å². The van der Waals surface area contributed by atoms with Gasteiger partial charge in [-0.2, -0.15) is 11.8 Å². The standard InChI is InChI=1S/C8H16N2OS/c1-2-12-4-3-8(11)10-7-5-9-6-7/h7,9H,2-6H2,1H3,(H,10,11). The molecule has 0 radical (unpaired) electrons. The highest BCUT2D eigenvalue weighted by Crippen LogP contribution is 2.01. The zero-order chi connectivity index (χ0) is 8.81. The highest BCUT2D eigenvalue weighted by molar-refractivity contribution is 7.99. The summed E-state index contributed by atoms with van der Waals surface area (Å²) in [7, 11) is 0. The van der Waals surface area contributed by atoms with E-state index >= 15 is 0 Å². The lowest BCUT2D eigenvalue weighted by molar-refractivity contribution is -0.121. The van der Waals surface area contributed by atoms with Crippen LogP contribution in [0.25, 0.3) is 0 Å². The lowest BCUT2D eigenvalue weighted by atomic mass is 10.2. The molecule has 1 aliphatic rings. The average molecular weight is 188 g/mol. The van der Waals surface area contributed by atoms with Gasteiger partial charge in [0.2, 0.25) is 5.91 Å². The monoisotopic (exact) mass is 188 g/mol. The van der Waals surface area contributed by atoms with Crippen molar-refractivity contribution in [3.8, 4) is 0 Å². The fourth-order valence-electron chi connectivity index (χ4n) is 1.000. The summed E-state index contributed by atoms with van der Waals surface area (Å²) in [5, 5.41) is 6.07. The number of amides is 1. The van der Waals surface area contributed by atoms with E-state index in [0.717, 1.165) is 24.6 Å². The maximum atomic E-state index is 11.2. The summed E-state index contributed by atoms with van der Waals surface area (Å²) >= 11 is 1.81. The molecule has 12 heavy (non-hydrogen) atoms. The predicted octanol–water partition coefficient (Wildman–Crippen LogP) is 0.218. The van der Waals surface area contributed by atoms with Gasteiger partial charge in [0.15, 0.2) is 0 Å². The van der Waals surface area contributed by atoms with Crippen molar-refractivity contribution < 1.29 is 4.79 Å². The Hall–Kier alpha value is -0.220. The maximum Gasteiger partial charge on any atom is 0.221 e. The zero-order valence-electron chi connectivity index (χ0n) is 7.43. The van der Waals surface area contributed by atoms with Gasteiger partial charge in [0.25, 0.3) is 0 Å². The molecule has 0 aromatic rings. The molecule has 0 saturated carbocycles. The van der Waals surface area contributed by atoms with Crippen molar-refractivity contribution in [2.24, 2.45) is 0 Å². The number of carbonyl (C=O) groups excluding carboxylic acids is 1. The second-order valence-corrected chi connectivity index (χ2v) is 4.26. The second kappa shape index (κ2) is 5.43. The van der Waals surface area contributed by atoms with E-state index in [1.807, 2.05) is 11.8 Å². The van der Waals surface area contributed by atoms with Gasteiger partial charge in [-0.05, 0) is 5.75 Å². The summed E-state index contributed by atoms with van der Waals surface area (Å²) in [6.07, 6.45) is 0.662. The summed E-state index contributed by atoms with van der Waals surface area (Å²) in [6.45, 7) is 3.98. The van der Waals surface area contributed by atoms with Gasteiger partial charge in [0.05, 0.1) is 6.04 Å². The van der Waals surface area contributed by atoms with E-state index in [2.05, 4.69) is 17.6 Å². The molecule has 1 rings (SSSR count). The van der Waals surface area contributed by atoms with Crippen LogP contribution in [0.3, 0.4) is 0 Å². The minimum Gasteiger partial charge on any atom is -0.351 e. The Morgan fingerprint density at radius 1 is 1.67 bits per heavy atom. The van der Waals surface area contributed by atoms with E-state index in [-0.39, 0.29) is 5.91 Å². The Balaban J connectivity index is 1.95. The first kappa shape index (κ1) is 9.86. The lowest BCUT2D eigenvalue weighted by Gasteiger charge is -2.27. The Morgan fingerprint density at radius 3 is 2.92 bits per heavy atom. The van der Waals surface area contributed by atoms with E-state index in [9.17, 15) is 4.79 Å². The van der Waals surface area contributed by atoms with Crippen LogP contribution >= 0.6 is 11.8 Å². The number of hydrogen-bond acceptors (Lipinski definition) is 3. The topological polar surface area (TPSA) is 41.1 Å². The van der Waals surface area contributed by atoms with Crippen molar-refractivity contribution in [3.63, 3.8) is 0 Å². The van der Waals surface area contributed by atoms with Gasteiger partial charge in [0.1, 0.15) is 0 Å². The maximum absolute atomic E-state index is 11.2. The molecule has 0 unspecified atom stereocenters. The summed E-state index contributed by atoms with van der Waals surface area (Å²) in [6, 6.07) is 0.393. The molecule has 0 aromatic heterocycles. The predicted molar refractivity (Wildman–Crippen MR) is 52.4 cm³/mol. The number of carbonyl (C=O) groups is 1. The molecule has 0 spiro atoms. The van der Waals surface area contributed by atoms with Gasteiger partial charge >= 0.3 is 0 Å². The first-order valence-electron chi connectivity index (χ1n) is 4.40. The molecule has 0 atom stereocenters. The summed E-state index contributed by atoms with van der Waals surface area (Å²) in [4.78, 5) is 11.2. The number of hydrogen-bond donors (Lipinski definition) is 2. The molecule has 0 aromatic carbocycles. The van der Waals surface area contributed by atoms with Gasteiger partial charge < -0.3 is 10.6 Å². The van der Waals surface area contributed by atoms with E-state index in [1.54, 1.807) is 0 Å².